The number of nitrogens with zero attached hydrogens (tertiary/aromatic N) is 1. The zero-order chi connectivity index (χ0) is 14.7. The van der Waals surface area contributed by atoms with Gasteiger partial charge in [-0.2, -0.15) is 0 Å². The smallest absolute Gasteiger partial charge is 0.308 e. The Balaban J connectivity index is 1.96. The minimum absolute atomic E-state index is 0.0908. The third-order valence-corrected chi connectivity index (χ3v) is 5.29. The number of hydrogen-bond acceptors (Lipinski definition) is 2. The first-order chi connectivity index (χ1) is 9.54. The summed E-state index contributed by atoms with van der Waals surface area (Å²) in [4.78, 5) is 25.7. The predicted molar refractivity (Wildman–Crippen MR) is 77.3 cm³/mol. The van der Waals surface area contributed by atoms with E-state index < -0.39 is 5.97 Å². The molecule has 2 fully saturated rings. The van der Waals surface area contributed by atoms with E-state index in [-0.39, 0.29) is 23.8 Å². The number of aliphatic carboxylic acids is 1. The highest BCUT2D eigenvalue weighted by Crippen LogP contribution is 2.34. The van der Waals surface area contributed by atoms with Crippen LogP contribution in [-0.4, -0.2) is 34.5 Å². The number of rotatable bonds is 5. The summed E-state index contributed by atoms with van der Waals surface area (Å²) in [5, 5.41) is 9.17. The number of amides is 1. The molecule has 0 spiro atoms. The van der Waals surface area contributed by atoms with Crippen LogP contribution in [0.3, 0.4) is 0 Å². The van der Waals surface area contributed by atoms with Gasteiger partial charge in [0.25, 0.3) is 0 Å². The van der Waals surface area contributed by atoms with Crippen molar-refractivity contribution in [3.63, 3.8) is 0 Å². The van der Waals surface area contributed by atoms with Crippen molar-refractivity contribution in [2.24, 2.45) is 17.8 Å². The van der Waals surface area contributed by atoms with Crippen molar-refractivity contribution in [1.29, 1.82) is 0 Å². The van der Waals surface area contributed by atoms with Gasteiger partial charge in [-0.05, 0) is 32.1 Å². The van der Waals surface area contributed by atoms with Crippen LogP contribution in [-0.2, 0) is 9.59 Å². The van der Waals surface area contributed by atoms with E-state index in [4.69, 9.17) is 0 Å². The van der Waals surface area contributed by atoms with Gasteiger partial charge in [-0.3, -0.25) is 9.59 Å². The molecule has 2 aliphatic rings. The molecule has 0 aromatic carbocycles. The van der Waals surface area contributed by atoms with Crippen LogP contribution in [0.15, 0.2) is 0 Å². The fourth-order valence-electron chi connectivity index (χ4n) is 3.91. The quantitative estimate of drug-likeness (QED) is 0.843. The summed E-state index contributed by atoms with van der Waals surface area (Å²) in [6, 6.07) is -0.155. The van der Waals surface area contributed by atoms with Crippen LogP contribution in [0.1, 0.15) is 58.8 Å². The highest BCUT2D eigenvalue weighted by Gasteiger charge is 2.40. The zero-order valence-electron chi connectivity index (χ0n) is 12.7. The molecule has 0 aromatic rings. The first-order valence-corrected chi connectivity index (χ1v) is 8.07. The molecule has 3 atom stereocenters. The lowest BCUT2D eigenvalue weighted by Crippen LogP contribution is -2.41. The van der Waals surface area contributed by atoms with E-state index in [0.29, 0.717) is 18.9 Å². The average molecular weight is 281 g/mol. The lowest BCUT2D eigenvalue weighted by atomic mass is 9.90. The monoisotopic (exact) mass is 281 g/mol. The van der Waals surface area contributed by atoms with Crippen LogP contribution >= 0.6 is 0 Å². The van der Waals surface area contributed by atoms with E-state index in [1.165, 1.54) is 25.7 Å². The van der Waals surface area contributed by atoms with Gasteiger partial charge in [0.05, 0.1) is 5.92 Å². The van der Waals surface area contributed by atoms with Gasteiger partial charge in [-0.1, -0.05) is 32.6 Å². The Hall–Kier alpha value is -1.06. The summed E-state index contributed by atoms with van der Waals surface area (Å²) in [5.74, 6) is -0.166. The van der Waals surface area contributed by atoms with Crippen molar-refractivity contribution < 1.29 is 14.7 Å². The third kappa shape index (κ3) is 3.15. The number of hydrogen-bond donors (Lipinski definition) is 1. The van der Waals surface area contributed by atoms with Crippen molar-refractivity contribution in [3.8, 4) is 0 Å². The van der Waals surface area contributed by atoms with Crippen LogP contribution in [0.2, 0.25) is 0 Å². The van der Waals surface area contributed by atoms with Crippen LogP contribution < -0.4 is 0 Å². The first kappa shape index (κ1) is 15.3. The molecule has 1 saturated carbocycles. The number of carboxylic acid groups (broad SMARTS) is 1. The lowest BCUT2D eigenvalue weighted by Gasteiger charge is -2.28. The molecule has 0 bridgehead atoms. The maximum atomic E-state index is 12.7. The van der Waals surface area contributed by atoms with Crippen molar-refractivity contribution >= 4 is 11.9 Å². The fraction of sp³-hybridized carbons (Fsp3) is 0.875. The van der Waals surface area contributed by atoms with E-state index >= 15 is 0 Å². The summed E-state index contributed by atoms with van der Waals surface area (Å²) >= 11 is 0. The molecule has 1 amide bonds. The molecule has 1 heterocycles. The van der Waals surface area contributed by atoms with E-state index in [0.717, 1.165) is 12.8 Å². The Morgan fingerprint density at radius 2 is 1.90 bits per heavy atom. The number of carbonyl (C=O) groups excluding carboxylic acids is 1. The van der Waals surface area contributed by atoms with E-state index in [1.807, 2.05) is 11.8 Å². The Labute approximate surface area is 121 Å². The van der Waals surface area contributed by atoms with E-state index in [2.05, 4.69) is 6.92 Å². The standard InChI is InChI=1S/C16H27NO3/c1-3-13(10-12-6-4-5-7-12)15(18)17-9-8-14(11(17)2)16(19)20/h11-14H,3-10H2,1-2H3,(H,19,20). The number of carbonyl (C=O) groups is 2. The molecule has 1 aliphatic heterocycles. The van der Waals surface area contributed by atoms with Crippen LogP contribution in [0.4, 0.5) is 0 Å². The lowest BCUT2D eigenvalue weighted by molar-refractivity contribution is -0.143. The molecule has 0 aromatic heterocycles. The van der Waals surface area contributed by atoms with Crippen molar-refractivity contribution in [2.45, 2.75) is 64.8 Å². The summed E-state index contributed by atoms with van der Waals surface area (Å²) < 4.78 is 0. The summed E-state index contributed by atoms with van der Waals surface area (Å²) in [6.07, 6.45) is 7.59. The molecule has 0 radical (unpaired) electrons. The Morgan fingerprint density at radius 3 is 2.40 bits per heavy atom. The normalized spacial score (nSPS) is 28.8. The molecule has 4 nitrogen and oxygen atoms in total. The minimum Gasteiger partial charge on any atom is -0.481 e. The Kier molecular flexibility index (Phi) is 5.06. The van der Waals surface area contributed by atoms with Gasteiger partial charge < -0.3 is 10.0 Å². The molecule has 1 saturated heterocycles. The molecule has 1 aliphatic carbocycles. The maximum Gasteiger partial charge on any atom is 0.308 e. The molecule has 3 unspecified atom stereocenters. The predicted octanol–water partition coefficient (Wildman–Crippen LogP) is 2.91. The van der Waals surface area contributed by atoms with E-state index in [1.54, 1.807) is 0 Å². The third-order valence-electron chi connectivity index (χ3n) is 5.29. The molecular formula is C16H27NO3. The Bertz CT molecular complexity index is 363. The minimum atomic E-state index is -0.767. The summed E-state index contributed by atoms with van der Waals surface area (Å²) in [5.41, 5.74) is 0. The van der Waals surface area contributed by atoms with Crippen molar-refractivity contribution in [3.05, 3.63) is 0 Å². The van der Waals surface area contributed by atoms with Gasteiger partial charge in [-0.25, -0.2) is 0 Å². The number of carboxylic acids is 1. The number of likely N-dealkylation sites (tertiary alicyclic amines) is 1. The van der Waals surface area contributed by atoms with Gasteiger partial charge in [-0.15, -0.1) is 0 Å². The SMILES string of the molecule is CCC(CC1CCCC1)C(=O)N1CCC(C(=O)O)C1C. The molecular weight excluding hydrogens is 254 g/mol. The molecule has 114 valence electrons. The summed E-state index contributed by atoms with van der Waals surface area (Å²) in [7, 11) is 0. The summed E-state index contributed by atoms with van der Waals surface area (Å²) in [6.45, 7) is 4.57. The van der Waals surface area contributed by atoms with Gasteiger partial charge >= 0.3 is 5.97 Å². The van der Waals surface area contributed by atoms with Crippen molar-refractivity contribution in [1.82, 2.24) is 4.90 Å². The maximum absolute atomic E-state index is 12.7. The van der Waals surface area contributed by atoms with E-state index in [9.17, 15) is 14.7 Å². The van der Waals surface area contributed by atoms with Crippen molar-refractivity contribution in [2.75, 3.05) is 6.54 Å². The molecule has 20 heavy (non-hydrogen) atoms. The second-order valence-corrected chi connectivity index (χ2v) is 6.50. The largest absolute Gasteiger partial charge is 0.481 e. The topological polar surface area (TPSA) is 57.6 Å². The van der Waals surface area contributed by atoms with Gasteiger partial charge in [0.2, 0.25) is 5.91 Å². The second-order valence-electron chi connectivity index (χ2n) is 6.50. The highest BCUT2D eigenvalue weighted by molar-refractivity contribution is 5.81. The first-order valence-electron chi connectivity index (χ1n) is 8.07. The van der Waals surface area contributed by atoms with Crippen LogP contribution in [0.5, 0.6) is 0 Å². The average Bonchev–Trinajstić information content (AvgIpc) is 3.04. The molecule has 4 heteroatoms. The van der Waals surface area contributed by atoms with Gasteiger partial charge in [0, 0.05) is 18.5 Å². The fourth-order valence-corrected chi connectivity index (χ4v) is 3.91. The molecule has 2 rings (SSSR count). The van der Waals surface area contributed by atoms with Crippen LogP contribution in [0.25, 0.3) is 0 Å². The van der Waals surface area contributed by atoms with Crippen LogP contribution in [0, 0.1) is 17.8 Å². The molecule has 1 N–H and O–H groups in total. The van der Waals surface area contributed by atoms with Gasteiger partial charge in [0.1, 0.15) is 0 Å². The Morgan fingerprint density at radius 1 is 1.25 bits per heavy atom. The highest BCUT2D eigenvalue weighted by atomic mass is 16.4. The zero-order valence-corrected chi connectivity index (χ0v) is 12.7. The van der Waals surface area contributed by atoms with Gasteiger partial charge in [0.15, 0.2) is 0 Å². The second kappa shape index (κ2) is 6.59.